The summed E-state index contributed by atoms with van der Waals surface area (Å²) in [6.07, 6.45) is 4.40. The Morgan fingerprint density at radius 1 is 1.17 bits per heavy atom. The van der Waals surface area contributed by atoms with Gasteiger partial charge in [0, 0.05) is 30.1 Å². The largest absolute Gasteiger partial charge is 0.489 e. The lowest BCUT2D eigenvalue weighted by Crippen LogP contribution is -2.27. The SMILES string of the molecule is Cc1cccn2cc(-c3ccc(C[C@@H](O)CCNC(=O)c4ccc(OC(C)C)c(Cl)c4)cc3)nc12. The van der Waals surface area contributed by atoms with E-state index in [2.05, 4.69) is 5.32 Å². The summed E-state index contributed by atoms with van der Waals surface area (Å²) in [4.78, 5) is 17.2. The number of hydrogen-bond acceptors (Lipinski definition) is 4. The third kappa shape index (κ3) is 6.21. The van der Waals surface area contributed by atoms with Crippen LogP contribution in [-0.4, -0.2) is 39.2 Å². The highest BCUT2D eigenvalue weighted by Gasteiger charge is 2.12. The molecule has 7 heteroatoms. The summed E-state index contributed by atoms with van der Waals surface area (Å²) in [6.45, 7) is 6.24. The maximum atomic E-state index is 12.4. The Morgan fingerprint density at radius 2 is 1.94 bits per heavy atom. The Hall–Kier alpha value is -3.35. The summed E-state index contributed by atoms with van der Waals surface area (Å²) in [5.74, 6) is 0.318. The van der Waals surface area contributed by atoms with Crippen molar-refractivity contribution in [3.05, 3.63) is 88.7 Å². The molecule has 0 spiro atoms. The van der Waals surface area contributed by atoms with Gasteiger partial charge in [-0.3, -0.25) is 4.79 Å². The van der Waals surface area contributed by atoms with Gasteiger partial charge in [-0.2, -0.15) is 0 Å². The van der Waals surface area contributed by atoms with E-state index in [4.69, 9.17) is 21.3 Å². The van der Waals surface area contributed by atoms with Gasteiger partial charge >= 0.3 is 0 Å². The number of amides is 1. The van der Waals surface area contributed by atoms with Crippen molar-refractivity contribution in [1.82, 2.24) is 14.7 Å². The molecule has 2 N–H and O–H groups in total. The van der Waals surface area contributed by atoms with Crippen LogP contribution >= 0.6 is 11.6 Å². The maximum absolute atomic E-state index is 12.4. The molecule has 0 saturated heterocycles. The van der Waals surface area contributed by atoms with Crippen molar-refractivity contribution in [2.24, 2.45) is 0 Å². The number of aliphatic hydroxyl groups is 1. The van der Waals surface area contributed by atoms with Crippen LogP contribution in [-0.2, 0) is 6.42 Å². The molecule has 0 unspecified atom stereocenters. The first-order valence-electron chi connectivity index (χ1n) is 11.8. The fraction of sp³-hybridized carbons (Fsp3) is 0.286. The van der Waals surface area contributed by atoms with E-state index in [0.29, 0.717) is 35.7 Å². The molecular weight excluding hydrogens is 462 g/mol. The van der Waals surface area contributed by atoms with Gasteiger partial charge in [0.25, 0.3) is 5.91 Å². The van der Waals surface area contributed by atoms with E-state index < -0.39 is 6.10 Å². The summed E-state index contributed by atoms with van der Waals surface area (Å²) in [5, 5.41) is 13.7. The number of hydrogen-bond donors (Lipinski definition) is 2. The molecule has 182 valence electrons. The molecule has 1 amide bonds. The van der Waals surface area contributed by atoms with Crippen molar-refractivity contribution in [1.29, 1.82) is 0 Å². The molecule has 1 atom stereocenters. The van der Waals surface area contributed by atoms with Crippen molar-refractivity contribution in [2.75, 3.05) is 6.54 Å². The van der Waals surface area contributed by atoms with Crippen LogP contribution in [0.2, 0.25) is 5.02 Å². The van der Waals surface area contributed by atoms with E-state index >= 15 is 0 Å². The van der Waals surface area contributed by atoms with E-state index in [1.165, 1.54) is 0 Å². The fourth-order valence-corrected chi connectivity index (χ4v) is 4.15. The van der Waals surface area contributed by atoms with Crippen LogP contribution in [0.1, 0.15) is 41.8 Å². The third-order valence-corrected chi connectivity index (χ3v) is 6.01. The number of benzene rings is 2. The number of ether oxygens (including phenoxy) is 1. The van der Waals surface area contributed by atoms with Crippen molar-refractivity contribution in [3.63, 3.8) is 0 Å². The number of nitrogens with one attached hydrogen (secondary N) is 1. The van der Waals surface area contributed by atoms with E-state index in [1.807, 2.05) is 74.0 Å². The predicted octanol–water partition coefficient (Wildman–Crippen LogP) is 5.47. The number of carbonyl (C=O) groups is 1. The number of nitrogens with zero attached hydrogens (tertiary/aromatic N) is 2. The first-order chi connectivity index (χ1) is 16.8. The Kier molecular flexibility index (Phi) is 7.73. The minimum absolute atomic E-state index is 0.0000665. The molecule has 0 bridgehead atoms. The van der Waals surface area contributed by atoms with Gasteiger partial charge in [-0.15, -0.1) is 0 Å². The molecule has 35 heavy (non-hydrogen) atoms. The molecule has 0 fully saturated rings. The number of imidazole rings is 1. The highest BCUT2D eigenvalue weighted by molar-refractivity contribution is 6.32. The number of pyridine rings is 1. The molecule has 2 aromatic carbocycles. The first-order valence-corrected chi connectivity index (χ1v) is 12.1. The van der Waals surface area contributed by atoms with E-state index in [-0.39, 0.29) is 12.0 Å². The van der Waals surface area contributed by atoms with Gasteiger partial charge in [0.2, 0.25) is 0 Å². The van der Waals surface area contributed by atoms with Crippen LogP contribution in [0.25, 0.3) is 16.9 Å². The van der Waals surface area contributed by atoms with Gasteiger partial charge in [0.05, 0.1) is 22.9 Å². The van der Waals surface area contributed by atoms with E-state index in [0.717, 1.165) is 28.0 Å². The minimum Gasteiger partial charge on any atom is -0.489 e. The number of rotatable bonds is 9. The molecule has 0 aliphatic carbocycles. The van der Waals surface area contributed by atoms with Crippen LogP contribution in [0, 0.1) is 6.92 Å². The topological polar surface area (TPSA) is 75.9 Å². The van der Waals surface area contributed by atoms with E-state index in [1.54, 1.807) is 18.2 Å². The number of fused-ring (bicyclic) bond motifs is 1. The van der Waals surface area contributed by atoms with Crippen molar-refractivity contribution < 1.29 is 14.6 Å². The van der Waals surface area contributed by atoms with Gasteiger partial charge in [-0.25, -0.2) is 4.98 Å². The minimum atomic E-state index is -0.565. The Balaban J connectivity index is 1.28. The van der Waals surface area contributed by atoms with E-state index in [9.17, 15) is 9.90 Å². The van der Waals surface area contributed by atoms with Gasteiger partial charge < -0.3 is 19.6 Å². The molecule has 0 aliphatic rings. The zero-order valence-corrected chi connectivity index (χ0v) is 20.9. The highest BCUT2D eigenvalue weighted by Crippen LogP contribution is 2.26. The Labute approximate surface area is 210 Å². The lowest BCUT2D eigenvalue weighted by molar-refractivity contribution is 0.0943. The number of aromatic nitrogens is 2. The number of halogens is 1. The standard InChI is InChI=1S/C28H30ClN3O3/c1-18(2)35-26-11-10-22(16-24(26)29)28(34)30-13-12-23(33)15-20-6-8-21(9-7-20)25-17-32-14-4-5-19(3)27(32)31-25/h4-11,14,16-18,23,33H,12-13,15H2,1-3H3,(H,30,34)/t23-/m0/s1. The molecular formula is C28H30ClN3O3. The Bertz CT molecular complexity index is 1320. The van der Waals surface area contributed by atoms with Gasteiger partial charge in [-0.05, 0) is 69.0 Å². The van der Waals surface area contributed by atoms with Crippen LogP contribution in [0.5, 0.6) is 5.75 Å². The molecule has 0 saturated carbocycles. The second-order valence-electron chi connectivity index (χ2n) is 8.96. The number of carbonyl (C=O) groups excluding carboxylic acids is 1. The van der Waals surface area contributed by atoms with Crippen molar-refractivity contribution in [3.8, 4) is 17.0 Å². The smallest absolute Gasteiger partial charge is 0.251 e. The van der Waals surface area contributed by atoms with Crippen LogP contribution in [0.3, 0.4) is 0 Å². The molecule has 6 nitrogen and oxygen atoms in total. The maximum Gasteiger partial charge on any atom is 0.251 e. The zero-order valence-electron chi connectivity index (χ0n) is 20.2. The lowest BCUT2D eigenvalue weighted by Gasteiger charge is -2.13. The zero-order chi connectivity index (χ0) is 24.9. The Morgan fingerprint density at radius 3 is 2.63 bits per heavy atom. The second-order valence-corrected chi connectivity index (χ2v) is 9.37. The number of aliphatic hydroxyl groups excluding tert-OH is 1. The highest BCUT2D eigenvalue weighted by atomic mass is 35.5. The lowest BCUT2D eigenvalue weighted by atomic mass is 10.0. The fourth-order valence-electron chi connectivity index (χ4n) is 3.92. The molecule has 2 aromatic heterocycles. The predicted molar refractivity (Wildman–Crippen MR) is 139 cm³/mol. The quantitative estimate of drug-likeness (QED) is 0.325. The third-order valence-electron chi connectivity index (χ3n) is 5.72. The summed E-state index contributed by atoms with van der Waals surface area (Å²) in [6, 6.07) is 17.1. The van der Waals surface area contributed by atoms with Crippen molar-refractivity contribution in [2.45, 2.75) is 45.8 Å². The molecule has 2 heterocycles. The summed E-state index contributed by atoms with van der Waals surface area (Å²) < 4.78 is 7.62. The summed E-state index contributed by atoms with van der Waals surface area (Å²) in [5.41, 5.74) is 5.51. The molecule has 0 radical (unpaired) electrons. The summed E-state index contributed by atoms with van der Waals surface area (Å²) >= 11 is 6.22. The van der Waals surface area contributed by atoms with Gasteiger partial charge in [0.15, 0.2) is 0 Å². The average molecular weight is 492 g/mol. The average Bonchev–Trinajstić information content (AvgIpc) is 3.26. The van der Waals surface area contributed by atoms with Crippen molar-refractivity contribution >= 4 is 23.2 Å². The van der Waals surface area contributed by atoms with Crippen LogP contribution in [0.4, 0.5) is 0 Å². The molecule has 0 aliphatic heterocycles. The molecule has 4 rings (SSSR count). The molecule has 4 aromatic rings. The first kappa shape index (κ1) is 24.8. The monoisotopic (exact) mass is 491 g/mol. The number of aryl methyl sites for hydroxylation is 1. The second kappa shape index (κ2) is 10.9. The summed E-state index contributed by atoms with van der Waals surface area (Å²) in [7, 11) is 0. The van der Waals surface area contributed by atoms with Gasteiger partial charge in [-0.1, -0.05) is 41.9 Å². The van der Waals surface area contributed by atoms with Crippen LogP contribution in [0.15, 0.2) is 67.0 Å². The van der Waals surface area contributed by atoms with Crippen LogP contribution < -0.4 is 10.1 Å². The normalized spacial score (nSPS) is 12.2. The van der Waals surface area contributed by atoms with Gasteiger partial charge in [0.1, 0.15) is 11.4 Å².